The van der Waals surface area contributed by atoms with Gasteiger partial charge in [0.25, 0.3) is 0 Å². The van der Waals surface area contributed by atoms with Gasteiger partial charge in [-0.1, -0.05) is 6.07 Å². The maximum absolute atomic E-state index is 14.0. The molecule has 2 aromatic heterocycles. The van der Waals surface area contributed by atoms with Crippen LogP contribution < -0.4 is 4.74 Å². The summed E-state index contributed by atoms with van der Waals surface area (Å²) >= 11 is 1.20. The first-order chi connectivity index (χ1) is 16.0. The first-order valence-electron chi connectivity index (χ1n) is 10.1. The maximum atomic E-state index is 14.0. The van der Waals surface area contributed by atoms with Crippen LogP contribution in [0.25, 0.3) is 21.7 Å². The molecule has 0 spiro atoms. The summed E-state index contributed by atoms with van der Waals surface area (Å²) in [6.45, 7) is 3.70. The van der Waals surface area contributed by atoms with Gasteiger partial charge in [-0.2, -0.15) is 13.2 Å². The van der Waals surface area contributed by atoms with Crippen molar-refractivity contribution in [1.82, 2.24) is 9.97 Å². The molecule has 34 heavy (non-hydrogen) atoms. The van der Waals surface area contributed by atoms with Crippen molar-refractivity contribution in [2.45, 2.75) is 39.5 Å². The SMILES string of the molecule is Cc1cc2oc(CCC(=O)O)nc2cc1OCc1sc(-c2ccc(C(F)(F)F)c(F)c2)nc1C. The van der Waals surface area contributed by atoms with E-state index in [1.165, 1.54) is 17.4 Å². The summed E-state index contributed by atoms with van der Waals surface area (Å²) in [5.41, 5.74) is 1.38. The van der Waals surface area contributed by atoms with Gasteiger partial charge >= 0.3 is 12.1 Å². The fourth-order valence-corrected chi connectivity index (χ4v) is 4.26. The van der Waals surface area contributed by atoms with Crippen molar-refractivity contribution in [2.24, 2.45) is 0 Å². The highest BCUT2D eigenvalue weighted by Crippen LogP contribution is 2.35. The number of alkyl halides is 3. The second-order valence-corrected chi connectivity index (χ2v) is 8.68. The molecule has 0 atom stereocenters. The number of nitrogens with zero attached hydrogens (tertiary/aromatic N) is 2. The molecule has 0 aliphatic rings. The van der Waals surface area contributed by atoms with Crippen LogP contribution in [0.1, 0.15) is 34.0 Å². The van der Waals surface area contributed by atoms with Gasteiger partial charge < -0.3 is 14.3 Å². The highest BCUT2D eigenvalue weighted by atomic mass is 32.1. The molecule has 4 rings (SSSR count). The van der Waals surface area contributed by atoms with Crippen LogP contribution >= 0.6 is 11.3 Å². The zero-order chi connectivity index (χ0) is 24.6. The highest BCUT2D eigenvalue weighted by Gasteiger charge is 2.34. The predicted molar refractivity (Wildman–Crippen MR) is 116 cm³/mol. The molecule has 0 amide bonds. The number of halogens is 4. The summed E-state index contributed by atoms with van der Waals surface area (Å²) in [5, 5.41) is 9.20. The van der Waals surface area contributed by atoms with Crippen molar-refractivity contribution in [2.75, 3.05) is 0 Å². The lowest BCUT2D eigenvalue weighted by molar-refractivity contribution is -0.140. The Morgan fingerprint density at radius 2 is 1.94 bits per heavy atom. The first kappa shape index (κ1) is 23.7. The number of aryl methyl sites for hydroxylation is 3. The van der Waals surface area contributed by atoms with E-state index < -0.39 is 23.5 Å². The van der Waals surface area contributed by atoms with E-state index in [0.717, 1.165) is 16.5 Å². The van der Waals surface area contributed by atoms with Crippen molar-refractivity contribution in [3.05, 3.63) is 63.7 Å². The summed E-state index contributed by atoms with van der Waals surface area (Å²) in [6, 6.07) is 6.17. The Balaban J connectivity index is 1.51. The van der Waals surface area contributed by atoms with Crippen molar-refractivity contribution in [3.8, 4) is 16.3 Å². The molecule has 2 aromatic carbocycles. The van der Waals surface area contributed by atoms with Gasteiger partial charge in [0.2, 0.25) is 0 Å². The number of hydrogen-bond donors (Lipinski definition) is 1. The van der Waals surface area contributed by atoms with E-state index in [1.54, 1.807) is 19.1 Å². The monoisotopic (exact) mass is 494 g/mol. The van der Waals surface area contributed by atoms with Crippen molar-refractivity contribution < 1.29 is 36.6 Å². The normalized spacial score (nSPS) is 11.8. The van der Waals surface area contributed by atoms with Gasteiger partial charge in [0, 0.05) is 18.1 Å². The predicted octanol–water partition coefficient (Wildman–Crippen LogP) is 6.32. The van der Waals surface area contributed by atoms with Crippen molar-refractivity contribution in [1.29, 1.82) is 0 Å². The summed E-state index contributed by atoms with van der Waals surface area (Å²) in [7, 11) is 0. The number of oxazole rings is 1. The van der Waals surface area contributed by atoms with E-state index in [-0.39, 0.29) is 25.0 Å². The van der Waals surface area contributed by atoms with E-state index in [2.05, 4.69) is 9.97 Å². The topological polar surface area (TPSA) is 85.5 Å². The largest absolute Gasteiger partial charge is 0.488 e. The minimum atomic E-state index is -4.76. The van der Waals surface area contributed by atoms with Crippen LogP contribution in [0.5, 0.6) is 5.75 Å². The number of rotatable bonds is 7. The van der Waals surface area contributed by atoms with Gasteiger partial charge in [0.05, 0.1) is 22.6 Å². The Labute approximate surface area is 194 Å². The van der Waals surface area contributed by atoms with E-state index in [9.17, 15) is 22.4 Å². The zero-order valence-electron chi connectivity index (χ0n) is 18.0. The summed E-state index contributed by atoms with van der Waals surface area (Å²) in [4.78, 5) is 20.1. The molecule has 0 unspecified atom stereocenters. The minimum absolute atomic E-state index is 0.0923. The molecule has 178 valence electrons. The highest BCUT2D eigenvalue weighted by molar-refractivity contribution is 7.15. The Bertz CT molecular complexity index is 1380. The smallest absolute Gasteiger partial charge is 0.419 e. The van der Waals surface area contributed by atoms with Gasteiger partial charge in [-0.3, -0.25) is 4.79 Å². The quantitative estimate of drug-likeness (QED) is 0.303. The van der Waals surface area contributed by atoms with Crippen LogP contribution in [0.4, 0.5) is 17.6 Å². The average molecular weight is 494 g/mol. The lowest BCUT2D eigenvalue weighted by Gasteiger charge is -2.08. The number of aliphatic carboxylic acids is 1. The fourth-order valence-electron chi connectivity index (χ4n) is 3.29. The molecular formula is C23H18F4N2O4S. The molecule has 0 fully saturated rings. The van der Waals surface area contributed by atoms with Gasteiger partial charge in [-0.15, -0.1) is 11.3 Å². The Kier molecular flexibility index (Phi) is 6.30. The van der Waals surface area contributed by atoms with E-state index in [4.69, 9.17) is 14.3 Å². The third-order valence-electron chi connectivity index (χ3n) is 5.06. The Morgan fingerprint density at radius 3 is 2.62 bits per heavy atom. The van der Waals surface area contributed by atoms with Crippen molar-refractivity contribution >= 4 is 28.4 Å². The molecule has 0 bridgehead atoms. The van der Waals surface area contributed by atoms with E-state index in [1.807, 2.05) is 6.92 Å². The molecule has 0 saturated carbocycles. The molecule has 6 nitrogen and oxygen atoms in total. The molecule has 1 N–H and O–H groups in total. The van der Waals surface area contributed by atoms with E-state index in [0.29, 0.717) is 39.5 Å². The number of aromatic nitrogens is 2. The van der Waals surface area contributed by atoms with Crippen LogP contribution in [0.15, 0.2) is 34.7 Å². The van der Waals surface area contributed by atoms with E-state index >= 15 is 0 Å². The molecule has 11 heteroatoms. The number of benzene rings is 2. The number of ether oxygens (including phenoxy) is 1. The van der Waals surface area contributed by atoms with Crippen LogP contribution in [0.3, 0.4) is 0 Å². The third kappa shape index (κ3) is 5.04. The molecule has 0 radical (unpaired) electrons. The number of hydrogen-bond acceptors (Lipinski definition) is 6. The molecule has 0 saturated heterocycles. The van der Waals surface area contributed by atoms with Gasteiger partial charge in [-0.05, 0) is 37.6 Å². The second kappa shape index (κ2) is 9.05. The second-order valence-electron chi connectivity index (χ2n) is 7.60. The summed E-state index contributed by atoms with van der Waals surface area (Å²) in [6.07, 6.45) is -4.68. The molecule has 0 aliphatic carbocycles. The lowest BCUT2D eigenvalue weighted by Crippen LogP contribution is -2.07. The number of carboxylic acid groups (broad SMARTS) is 1. The first-order valence-corrected chi connectivity index (χ1v) is 10.9. The summed E-state index contributed by atoms with van der Waals surface area (Å²) < 4.78 is 63.9. The lowest BCUT2D eigenvalue weighted by atomic mass is 10.1. The van der Waals surface area contributed by atoms with Crippen LogP contribution in [0, 0.1) is 19.7 Å². The molecule has 4 aromatic rings. The number of carbonyl (C=O) groups is 1. The Hall–Kier alpha value is -3.47. The number of carboxylic acids is 1. The van der Waals surface area contributed by atoms with Gasteiger partial charge in [0.15, 0.2) is 11.5 Å². The third-order valence-corrected chi connectivity index (χ3v) is 6.24. The van der Waals surface area contributed by atoms with Crippen LogP contribution in [-0.2, 0) is 24.0 Å². The zero-order valence-corrected chi connectivity index (χ0v) is 18.8. The van der Waals surface area contributed by atoms with Crippen LogP contribution in [0.2, 0.25) is 0 Å². The molecule has 0 aliphatic heterocycles. The van der Waals surface area contributed by atoms with Crippen molar-refractivity contribution in [3.63, 3.8) is 0 Å². The number of fused-ring (bicyclic) bond motifs is 1. The Morgan fingerprint density at radius 1 is 1.18 bits per heavy atom. The summed E-state index contributed by atoms with van der Waals surface area (Å²) in [5.74, 6) is -1.43. The van der Waals surface area contributed by atoms with Gasteiger partial charge in [-0.25, -0.2) is 14.4 Å². The maximum Gasteiger partial charge on any atom is 0.419 e. The standard InChI is InChI=1S/C23H18F4N2O4S/c1-11-7-18-16(29-20(33-18)5-6-21(30)31)9-17(11)32-10-19-12(2)28-22(34-19)13-3-4-14(15(24)8-13)23(25,26)27/h3-4,7-9H,5-6,10H2,1-2H3,(H,30,31). The molecule has 2 heterocycles. The number of thiazole rings is 1. The van der Waals surface area contributed by atoms with Gasteiger partial charge in [0.1, 0.15) is 28.7 Å². The van der Waals surface area contributed by atoms with Crippen LogP contribution in [-0.4, -0.2) is 21.0 Å². The molecular weight excluding hydrogens is 476 g/mol. The fraction of sp³-hybridized carbons (Fsp3) is 0.261. The average Bonchev–Trinajstić information content (AvgIpc) is 3.32. The minimum Gasteiger partial charge on any atom is -0.488 e.